The fraction of sp³-hybridized carbons (Fsp3) is 0.833. The van der Waals surface area contributed by atoms with E-state index in [9.17, 15) is 22.8 Å². The van der Waals surface area contributed by atoms with E-state index in [-0.39, 0.29) is 17.5 Å². The van der Waals surface area contributed by atoms with E-state index in [4.69, 9.17) is 4.74 Å². The Morgan fingerprint density at radius 2 is 1.85 bits per heavy atom. The second kappa shape index (κ2) is 10.2. The molecule has 0 saturated carbocycles. The van der Waals surface area contributed by atoms with Crippen molar-refractivity contribution in [2.75, 3.05) is 11.0 Å². The van der Waals surface area contributed by atoms with E-state index >= 15 is 0 Å². The second-order valence-corrected chi connectivity index (χ2v) is 5.05. The molecule has 20 heavy (non-hydrogen) atoms. The van der Waals surface area contributed by atoms with Crippen molar-refractivity contribution in [2.24, 2.45) is 0 Å². The van der Waals surface area contributed by atoms with Gasteiger partial charge in [-0.2, -0.15) is 13.2 Å². The first kappa shape index (κ1) is 19.5. The molecule has 118 valence electrons. The summed E-state index contributed by atoms with van der Waals surface area (Å²) in [4.78, 5) is 22.0. The van der Waals surface area contributed by atoms with Gasteiger partial charge in [-0.1, -0.05) is 48.8 Å². The van der Waals surface area contributed by atoms with Crippen LogP contribution in [-0.2, 0) is 19.1 Å². The van der Waals surface area contributed by atoms with Gasteiger partial charge in [0.1, 0.15) is 6.10 Å². The Labute approximate surface area is 129 Å². The molecule has 0 aliphatic heterocycles. The number of halogens is 4. The number of ether oxygens (including phenoxy) is 2. The molecule has 0 radical (unpaired) electrons. The monoisotopic (exact) mass is 410 g/mol. The van der Waals surface area contributed by atoms with Crippen LogP contribution in [0, 0.1) is 0 Å². The number of rotatable bonds is 9. The quantitative estimate of drug-likeness (QED) is 0.253. The first-order valence-corrected chi connectivity index (χ1v) is 7.83. The van der Waals surface area contributed by atoms with Crippen molar-refractivity contribution in [3.63, 3.8) is 0 Å². The molecule has 0 bridgehead atoms. The average Bonchev–Trinajstić information content (AvgIpc) is 2.36. The molecule has 1 atom stereocenters. The number of hydrogen-bond acceptors (Lipinski definition) is 4. The van der Waals surface area contributed by atoms with Crippen LogP contribution in [0.5, 0.6) is 0 Å². The summed E-state index contributed by atoms with van der Waals surface area (Å²) in [5.41, 5.74) is 0. The molecule has 0 aromatic carbocycles. The molecule has 0 amide bonds. The van der Waals surface area contributed by atoms with Gasteiger partial charge < -0.3 is 9.47 Å². The molecule has 0 aliphatic rings. The van der Waals surface area contributed by atoms with Crippen LogP contribution >= 0.6 is 22.6 Å². The fourth-order valence-electron chi connectivity index (χ4n) is 1.31. The van der Waals surface area contributed by atoms with Gasteiger partial charge in [0.25, 0.3) is 0 Å². The Morgan fingerprint density at radius 1 is 1.20 bits per heavy atom. The molecule has 0 N–H and O–H groups in total. The smallest absolute Gasteiger partial charge is 0.466 e. The van der Waals surface area contributed by atoms with E-state index < -0.39 is 24.2 Å². The summed E-state index contributed by atoms with van der Waals surface area (Å²) >= 11 is 1.75. The van der Waals surface area contributed by atoms with Crippen LogP contribution in [0.3, 0.4) is 0 Å². The molecular weight excluding hydrogens is 392 g/mol. The minimum atomic E-state index is -5.05. The number of hydrogen-bond donors (Lipinski definition) is 0. The maximum atomic E-state index is 12.0. The largest absolute Gasteiger partial charge is 0.490 e. The molecule has 8 heteroatoms. The molecule has 0 aromatic heterocycles. The average molecular weight is 410 g/mol. The third-order valence-electron chi connectivity index (χ3n) is 2.33. The Balaban J connectivity index is 3.98. The van der Waals surface area contributed by atoms with Crippen LogP contribution < -0.4 is 0 Å². The van der Waals surface area contributed by atoms with E-state index in [1.807, 2.05) is 6.92 Å². The molecule has 0 spiro atoms. The maximum absolute atomic E-state index is 12.0. The van der Waals surface area contributed by atoms with Gasteiger partial charge in [0.15, 0.2) is 0 Å². The van der Waals surface area contributed by atoms with Crippen molar-refractivity contribution >= 4 is 34.5 Å². The normalized spacial score (nSPS) is 12.8. The van der Waals surface area contributed by atoms with Crippen LogP contribution in [0.2, 0.25) is 0 Å². The number of alkyl halides is 4. The van der Waals surface area contributed by atoms with Crippen LogP contribution in [-0.4, -0.2) is 35.3 Å². The zero-order valence-corrected chi connectivity index (χ0v) is 13.3. The maximum Gasteiger partial charge on any atom is 0.490 e. The van der Waals surface area contributed by atoms with Gasteiger partial charge in [0, 0.05) is 4.43 Å². The second-order valence-electron chi connectivity index (χ2n) is 4.16. The standard InChI is InChI=1S/C12H18F3IO4/c1-2-3-4-5-6-19-10(17)7-9(8-16)20-11(18)12(13,14)15/h9H,2-8H2,1H3. The Kier molecular flexibility index (Phi) is 9.95. The number of carbonyl (C=O) groups is 2. The summed E-state index contributed by atoms with van der Waals surface area (Å²) in [7, 11) is 0. The van der Waals surface area contributed by atoms with Gasteiger partial charge in [0.2, 0.25) is 0 Å². The third kappa shape index (κ3) is 9.38. The Morgan fingerprint density at radius 3 is 2.35 bits per heavy atom. The molecular formula is C12H18F3IO4. The lowest BCUT2D eigenvalue weighted by atomic mass is 10.2. The van der Waals surface area contributed by atoms with Crippen molar-refractivity contribution in [2.45, 2.75) is 51.3 Å². The minimum Gasteiger partial charge on any atom is -0.466 e. The lowest BCUT2D eigenvalue weighted by Gasteiger charge is -2.15. The SMILES string of the molecule is CCCCCCOC(=O)CC(CI)OC(=O)C(F)(F)F. The summed E-state index contributed by atoms with van der Waals surface area (Å²) in [6.45, 7) is 2.28. The van der Waals surface area contributed by atoms with Crippen molar-refractivity contribution in [1.29, 1.82) is 0 Å². The minimum absolute atomic E-state index is 0.0878. The summed E-state index contributed by atoms with van der Waals surface area (Å²) in [6, 6.07) is 0. The zero-order valence-electron chi connectivity index (χ0n) is 11.2. The summed E-state index contributed by atoms with van der Waals surface area (Å²) in [5, 5.41) is 0. The summed E-state index contributed by atoms with van der Waals surface area (Å²) < 4.78 is 45.2. The molecule has 0 rings (SSSR count). The van der Waals surface area contributed by atoms with Gasteiger partial charge in [-0.05, 0) is 6.42 Å². The van der Waals surface area contributed by atoms with Crippen molar-refractivity contribution in [3.8, 4) is 0 Å². The van der Waals surface area contributed by atoms with Crippen molar-refractivity contribution in [3.05, 3.63) is 0 Å². The van der Waals surface area contributed by atoms with Gasteiger partial charge in [-0.3, -0.25) is 4.79 Å². The first-order valence-electron chi connectivity index (χ1n) is 6.30. The lowest BCUT2D eigenvalue weighted by molar-refractivity contribution is -0.204. The fourth-order valence-corrected chi connectivity index (χ4v) is 1.80. The van der Waals surface area contributed by atoms with Crippen molar-refractivity contribution in [1.82, 2.24) is 0 Å². The Bertz CT molecular complexity index is 308. The lowest BCUT2D eigenvalue weighted by Crippen LogP contribution is -2.32. The summed E-state index contributed by atoms with van der Waals surface area (Å²) in [5.74, 6) is -2.94. The zero-order chi connectivity index (χ0) is 15.6. The topological polar surface area (TPSA) is 52.6 Å². The molecule has 4 nitrogen and oxygen atoms in total. The van der Waals surface area contributed by atoms with Gasteiger partial charge in [0.05, 0.1) is 13.0 Å². The Hall–Kier alpha value is -0.540. The van der Waals surface area contributed by atoms with E-state index in [2.05, 4.69) is 4.74 Å². The predicted molar refractivity (Wildman–Crippen MR) is 74.5 cm³/mol. The number of esters is 2. The van der Waals surface area contributed by atoms with Crippen LogP contribution in [0.25, 0.3) is 0 Å². The predicted octanol–water partition coefficient (Wildman–Crippen LogP) is 3.41. The van der Waals surface area contributed by atoms with E-state index in [0.717, 1.165) is 25.7 Å². The molecule has 0 aliphatic carbocycles. The highest BCUT2D eigenvalue weighted by molar-refractivity contribution is 14.1. The van der Waals surface area contributed by atoms with Crippen LogP contribution in [0.15, 0.2) is 0 Å². The van der Waals surface area contributed by atoms with Gasteiger partial charge in [-0.15, -0.1) is 0 Å². The number of carbonyl (C=O) groups excluding carboxylic acids is 2. The highest BCUT2D eigenvalue weighted by Gasteiger charge is 2.42. The van der Waals surface area contributed by atoms with Gasteiger partial charge >= 0.3 is 18.1 Å². The van der Waals surface area contributed by atoms with Gasteiger partial charge in [-0.25, -0.2) is 4.79 Å². The highest BCUT2D eigenvalue weighted by atomic mass is 127. The molecule has 0 saturated heterocycles. The van der Waals surface area contributed by atoms with E-state index in [1.54, 1.807) is 22.6 Å². The van der Waals surface area contributed by atoms with E-state index in [1.165, 1.54) is 0 Å². The van der Waals surface area contributed by atoms with Crippen LogP contribution in [0.4, 0.5) is 13.2 Å². The van der Waals surface area contributed by atoms with E-state index in [0.29, 0.717) is 0 Å². The first-order chi connectivity index (χ1) is 9.31. The van der Waals surface area contributed by atoms with Crippen molar-refractivity contribution < 1.29 is 32.2 Å². The summed E-state index contributed by atoms with van der Waals surface area (Å²) in [6.07, 6.45) is -2.78. The molecule has 0 fully saturated rings. The van der Waals surface area contributed by atoms with Crippen LogP contribution in [0.1, 0.15) is 39.0 Å². The molecule has 0 aromatic rings. The molecule has 0 heterocycles. The highest BCUT2D eigenvalue weighted by Crippen LogP contribution is 2.19. The molecule has 1 unspecified atom stereocenters. The number of unbranched alkanes of at least 4 members (excludes halogenated alkanes) is 3. The third-order valence-corrected chi connectivity index (χ3v) is 3.31.